The summed E-state index contributed by atoms with van der Waals surface area (Å²) in [5, 5.41) is 8.72. The highest BCUT2D eigenvalue weighted by atomic mass is 16.4. The van der Waals surface area contributed by atoms with Gasteiger partial charge in [-0.2, -0.15) is 0 Å². The minimum atomic E-state index is -0.861. The summed E-state index contributed by atoms with van der Waals surface area (Å²) in [4.78, 5) is 10.6. The lowest BCUT2D eigenvalue weighted by Gasteiger charge is -2.10. The molecule has 0 saturated carbocycles. The minimum Gasteiger partial charge on any atom is -0.478 e. The second-order valence-electron chi connectivity index (χ2n) is 3.62. The third kappa shape index (κ3) is 4.47. The van der Waals surface area contributed by atoms with Gasteiger partial charge in [0.25, 0.3) is 0 Å². The van der Waals surface area contributed by atoms with Crippen LogP contribution in [0.5, 0.6) is 0 Å². The van der Waals surface area contributed by atoms with Crippen LogP contribution in [0.3, 0.4) is 0 Å². The summed E-state index contributed by atoms with van der Waals surface area (Å²) < 4.78 is 0. The Labute approximate surface area is 98.3 Å². The first kappa shape index (κ1) is 14.7. The van der Waals surface area contributed by atoms with Gasteiger partial charge in [0.05, 0.1) is 5.56 Å². The Hall–Kier alpha value is -1.31. The number of hydrogen-bond acceptors (Lipinski definition) is 1. The average Bonchev–Trinajstić information content (AvgIpc) is 2.32. The second-order valence-corrected chi connectivity index (χ2v) is 3.62. The van der Waals surface area contributed by atoms with Crippen LogP contribution in [-0.2, 0) is 0 Å². The van der Waals surface area contributed by atoms with E-state index >= 15 is 0 Å². The first-order valence-corrected chi connectivity index (χ1v) is 5.98. The van der Waals surface area contributed by atoms with Crippen LogP contribution in [-0.4, -0.2) is 11.1 Å². The molecule has 0 aliphatic carbocycles. The predicted molar refractivity (Wildman–Crippen MR) is 68.1 cm³/mol. The van der Waals surface area contributed by atoms with Crippen molar-refractivity contribution in [3.63, 3.8) is 0 Å². The zero-order valence-corrected chi connectivity index (χ0v) is 10.7. The van der Waals surface area contributed by atoms with Gasteiger partial charge < -0.3 is 5.11 Å². The maximum atomic E-state index is 10.6. The van der Waals surface area contributed by atoms with E-state index in [1.54, 1.807) is 12.1 Å². The van der Waals surface area contributed by atoms with E-state index in [-0.39, 0.29) is 0 Å². The van der Waals surface area contributed by atoms with Crippen molar-refractivity contribution < 1.29 is 9.90 Å². The zero-order valence-electron chi connectivity index (χ0n) is 10.7. The number of hydrogen-bond donors (Lipinski definition) is 1. The van der Waals surface area contributed by atoms with Crippen LogP contribution in [0.4, 0.5) is 0 Å². The number of carbonyl (C=O) groups is 1. The molecule has 1 N–H and O–H groups in total. The van der Waals surface area contributed by atoms with Crippen LogP contribution in [0.25, 0.3) is 0 Å². The van der Waals surface area contributed by atoms with Gasteiger partial charge in [-0.1, -0.05) is 46.2 Å². The molecule has 2 nitrogen and oxygen atoms in total. The fraction of sp³-hybridized carbons (Fsp3) is 0.500. The standard InChI is InChI=1S/C12H16O2.C2H6/c1-3-4-9(2)10-5-7-11(8-6-10)12(13)14;1-2/h5-9H,3-4H2,1-2H3,(H,13,14);1-2H3. The van der Waals surface area contributed by atoms with Gasteiger partial charge in [-0.05, 0) is 30.0 Å². The number of carboxylic acid groups (broad SMARTS) is 1. The Morgan fingerprint density at radius 1 is 1.25 bits per heavy atom. The van der Waals surface area contributed by atoms with Crippen molar-refractivity contribution in [3.8, 4) is 0 Å². The lowest BCUT2D eigenvalue weighted by Crippen LogP contribution is -1.98. The molecule has 2 heteroatoms. The Kier molecular flexibility index (Phi) is 7.27. The lowest BCUT2D eigenvalue weighted by molar-refractivity contribution is 0.0697. The molecule has 0 bridgehead atoms. The monoisotopic (exact) mass is 222 g/mol. The van der Waals surface area contributed by atoms with E-state index in [9.17, 15) is 4.79 Å². The summed E-state index contributed by atoms with van der Waals surface area (Å²) in [5.74, 6) is -0.345. The Morgan fingerprint density at radius 3 is 2.12 bits per heavy atom. The van der Waals surface area contributed by atoms with E-state index in [4.69, 9.17) is 5.11 Å². The van der Waals surface area contributed by atoms with Crippen molar-refractivity contribution in [1.82, 2.24) is 0 Å². The van der Waals surface area contributed by atoms with Crippen molar-refractivity contribution >= 4 is 5.97 Å². The summed E-state index contributed by atoms with van der Waals surface area (Å²) in [7, 11) is 0. The van der Waals surface area contributed by atoms with Crippen molar-refractivity contribution in [2.24, 2.45) is 0 Å². The van der Waals surface area contributed by atoms with Gasteiger partial charge in [0.15, 0.2) is 0 Å². The van der Waals surface area contributed by atoms with Gasteiger partial charge in [0.2, 0.25) is 0 Å². The maximum absolute atomic E-state index is 10.6. The lowest BCUT2D eigenvalue weighted by atomic mass is 9.96. The average molecular weight is 222 g/mol. The van der Waals surface area contributed by atoms with E-state index in [1.807, 2.05) is 26.0 Å². The molecule has 0 fully saturated rings. The highest BCUT2D eigenvalue weighted by Crippen LogP contribution is 2.20. The fourth-order valence-electron chi connectivity index (χ4n) is 1.55. The topological polar surface area (TPSA) is 37.3 Å². The zero-order chi connectivity index (χ0) is 12.6. The first-order valence-electron chi connectivity index (χ1n) is 5.98. The largest absolute Gasteiger partial charge is 0.478 e. The molecule has 0 radical (unpaired) electrons. The summed E-state index contributed by atoms with van der Waals surface area (Å²) in [6.45, 7) is 8.32. The van der Waals surface area contributed by atoms with E-state index in [2.05, 4.69) is 13.8 Å². The molecule has 1 aromatic carbocycles. The number of aromatic carboxylic acids is 1. The van der Waals surface area contributed by atoms with E-state index in [1.165, 1.54) is 5.56 Å². The molecular weight excluding hydrogens is 200 g/mol. The van der Waals surface area contributed by atoms with Crippen molar-refractivity contribution in [2.45, 2.75) is 46.5 Å². The van der Waals surface area contributed by atoms with Crippen molar-refractivity contribution in [1.29, 1.82) is 0 Å². The molecule has 1 atom stereocenters. The van der Waals surface area contributed by atoms with Gasteiger partial charge in [-0.25, -0.2) is 4.79 Å². The Balaban J connectivity index is 0.00000106. The summed E-state index contributed by atoms with van der Waals surface area (Å²) in [6.07, 6.45) is 2.30. The smallest absolute Gasteiger partial charge is 0.335 e. The quantitative estimate of drug-likeness (QED) is 0.824. The highest BCUT2D eigenvalue weighted by molar-refractivity contribution is 5.87. The van der Waals surface area contributed by atoms with Crippen molar-refractivity contribution in [2.75, 3.05) is 0 Å². The molecule has 1 rings (SSSR count). The summed E-state index contributed by atoms with van der Waals surface area (Å²) in [6, 6.07) is 7.15. The van der Waals surface area contributed by atoms with Gasteiger partial charge >= 0.3 is 5.97 Å². The minimum absolute atomic E-state index is 0.359. The summed E-state index contributed by atoms with van der Waals surface area (Å²) >= 11 is 0. The second kappa shape index (κ2) is 7.91. The van der Waals surface area contributed by atoms with Gasteiger partial charge in [-0.3, -0.25) is 0 Å². The normalized spacial score (nSPS) is 11.2. The van der Waals surface area contributed by atoms with Crippen molar-refractivity contribution in [3.05, 3.63) is 35.4 Å². The Bertz CT molecular complexity index is 301. The molecule has 0 aromatic heterocycles. The first-order chi connectivity index (χ1) is 7.65. The molecule has 16 heavy (non-hydrogen) atoms. The van der Waals surface area contributed by atoms with Crippen LogP contribution in [0.15, 0.2) is 24.3 Å². The third-order valence-corrected chi connectivity index (χ3v) is 2.45. The summed E-state index contributed by atoms with van der Waals surface area (Å²) in [5.41, 5.74) is 1.58. The predicted octanol–water partition coefficient (Wildman–Crippen LogP) is 4.31. The fourth-order valence-corrected chi connectivity index (χ4v) is 1.55. The van der Waals surface area contributed by atoms with Crippen LogP contribution >= 0.6 is 0 Å². The highest BCUT2D eigenvalue weighted by Gasteiger charge is 2.06. The van der Waals surface area contributed by atoms with Gasteiger partial charge in [0, 0.05) is 0 Å². The molecule has 90 valence electrons. The molecule has 0 aliphatic rings. The van der Waals surface area contributed by atoms with Gasteiger partial charge in [0.1, 0.15) is 0 Å². The van der Waals surface area contributed by atoms with E-state index in [0.717, 1.165) is 12.8 Å². The SMILES string of the molecule is CC.CCCC(C)c1ccc(C(=O)O)cc1. The molecule has 0 saturated heterocycles. The van der Waals surface area contributed by atoms with Crippen LogP contribution in [0, 0.1) is 0 Å². The molecule has 0 aliphatic heterocycles. The number of rotatable bonds is 4. The molecule has 0 spiro atoms. The van der Waals surface area contributed by atoms with Crippen LogP contribution in [0.2, 0.25) is 0 Å². The van der Waals surface area contributed by atoms with Crippen LogP contribution < -0.4 is 0 Å². The molecular formula is C14H22O2. The van der Waals surface area contributed by atoms with E-state index < -0.39 is 5.97 Å². The number of benzene rings is 1. The van der Waals surface area contributed by atoms with Gasteiger partial charge in [-0.15, -0.1) is 0 Å². The Morgan fingerprint density at radius 2 is 1.75 bits per heavy atom. The van der Waals surface area contributed by atoms with E-state index in [0.29, 0.717) is 11.5 Å². The maximum Gasteiger partial charge on any atom is 0.335 e. The molecule has 1 aromatic rings. The number of carboxylic acids is 1. The molecule has 0 amide bonds. The third-order valence-electron chi connectivity index (χ3n) is 2.45. The molecule has 0 heterocycles. The molecule has 1 unspecified atom stereocenters. The van der Waals surface area contributed by atoms with Crippen LogP contribution in [0.1, 0.15) is 62.4 Å².